The van der Waals surface area contributed by atoms with Gasteiger partial charge in [-0.1, -0.05) is 0 Å². The zero-order valence-corrected chi connectivity index (χ0v) is 10.6. The number of nitrogens with one attached hydrogen (secondary N) is 2. The quantitative estimate of drug-likeness (QED) is 0.733. The van der Waals surface area contributed by atoms with Gasteiger partial charge < -0.3 is 5.32 Å². The van der Waals surface area contributed by atoms with Crippen LogP contribution in [0.25, 0.3) is 0 Å². The molecule has 7 heteroatoms. The lowest BCUT2D eigenvalue weighted by Gasteiger charge is -2.10. The third-order valence-electron chi connectivity index (χ3n) is 1.59. The second-order valence-electron chi connectivity index (χ2n) is 3.27. The predicted octanol–water partition coefficient (Wildman–Crippen LogP) is 0.222. The normalized spacial score (nSPS) is 12.3. The number of hydrazine groups is 1. The van der Waals surface area contributed by atoms with Crippen LogP contribution in [-0.2, 0) is 16.6 Å². The van der Waals surface area contributed by atoms with Gasteiger partial charge in [-0.05, 0) is 13.1 Å². The van der Waals surface area contributed by atoms with E-state index in [0.29, 0.717) is 11.4 Å². The van der Waals surface area contributed by atoms with Gasteiger partial charge in [-0.25, -0.2) is 13.4 Å². The van der Waals surface area contributed by atoms with Crippen molar-refractivity contribution >= 4 is 21.4 Å². The Labute approximate surface area is 94.1 Å². The third kappa shape index (κ3) is 3.54. The molecular formula is C8H15N3O2S2. The van der Waals surface area contributed by atoms with Gasteiger partial charge in [0.25, 0.3) is 10.0 Å². The first-order chi connectivity index (χ1) is 6.95. The fourth-order valence-corrected chi connectivity index (χ4v) is 3.43. The number of sulfonamides is 1. The van der Waals surface area contributed by atoms with E-state index in [1.165, 1.54) is 16.3 Å². The molecule has 0 aromatic carbocycles. The van der Waals surface area contributed by atoms with E-state index in [-0.39, 0.29) is 0 Å². The molecular weight excluding hydrogens is 234 g/mol. The highest BCUT2D eigenvalue weighted by Gasteiger charge is 2.16. The van der Waals surface area contributed by atoms with E-state index in [1.54, 1.807) is 25.5 Å². The number of thiophene rings is 1. The first-order valence-corrected chi connectivity index (χ1v) is 6.74. The van der Waals surface area contributed by atoms with Crippen LogP contribution >= 0.6 is 11.3 Å². The molecule has 0 amide bonds. The summed E-state index contributed by atoms with van der Waals surface area (Å²) >= 11 is 1.43. The molecule has 0 saturated heterocycles. The SMILES string of the molecule is CNCc1cc(S(=O)(=O)NN(C)C)cs1. The molecule has 0 unspecified atom stereocenters. The number of nitrogens with zero attached hydrogens (tertiary/aromatic N) is 1. The minimum absolute atomic E-state index is 0.312. The Morgan fingerprint density at radius 3 is 2.67 bits per heavy atom. The van der Waals surface area contributed by atoms with Crippen LogP contribution in [0.1, 0.15) is 4.88 Å². The van der Waals surface area contributed by atoms with Crippen molar-refractivity contribution in [2.45, 2.75) is 11.4 Å². The molecule has 1 aromatic rings. The van der Waals surface area contributed by atoms with Gasteiger partial charge in [0.15, 0.2) is 0 Å². The minimum Gasteiger partial charge on any atom is -0.315 e. The van der Waals surface area contributed by atoms with Crippen LogP contribution in [0.15, 0.2) is 16.3 Å². The van der Waals surface area contributed by atoms with Gasteiger partial charge in [-0.15, -0.1) is 16.2 Å². The standard InChI is InChI=1S/C8H15N3O2S2/c1-9-5-7-4-8(6-14-7)15(12,13)10-11(2)3/h4,6,9-10H,5H2,1-3H3. The summed E-state index contributed by atoms with van der Waals surface area (Å²) in [6, 6.07) is 1.67. The molecule has 1 heterocycles. The molecule has 0 radical (unpaired) electrons. The van der Waals surface area contributed by atoms with Crippen molar-refractivity contribution in [2.75, 3.05) is 21.1 Å². The number of rotatable bonds is 5. The van der Waals surface area contributed by atoms with E-state index in [1.807, 2.05) is 7.05 Å². The summed E-state index contributed by atoms with van der Waals surface area (Å²) in [6.45, 7) is 0.683. The molecule has 1 aromatic heterocycles. The molecule has 15 heavy (non-hydrogen) atoms. The Morgan fingerprint density at radius 2 is 2.13 bits per heavy atom. The highest BCUT2D eigenvalue weighted by molar-refractivity contribution is 7.89. The molecule has 0 aliphatic heterocycles. The van der Waals surface area contributed by atoms with Crippen molar-refractivity contribution in [3.05, 3.63) is 16.3 Å². The molecule has 5 nitrogen and oxygen atoms in total. The minimum atomic E-state index is -3.40. The van der Waals surface area contributed by atoms with Gasteiger partial charge >= 0.3 is 0 Å². The summed E-state index contributed by atoms with van der Waals surface area (Å²) in [5, 5.41) is 6.02. The highest BCUT2D eigenvalue weighted by Crippen LogP contribution is 2.18. The van der Waals surface area contributed by atoms with Crippen LogP contribution in [0.4, 0.5) is 0 Å². The van der Waals surface area contributed by atoms with Crippen molar-refractivity contribution in [1.29, 1.82) is 0 Å². The Morgan fingerprint density at radius 1 is 1.47 bits per heavy atom. The van der Waals surface area contributed by atoms with E-state index < -0.39 is 10.0 Å². The lowest BCUT2D eigenvalue weighted by molar-refractivity contribution is 0.364. The highest BCUT2D eigenvalue weighted by atomic mass is 32.2. The van der Waals surface area contributed by atoms with Crippen molar-refractivity contribution in [2.24, 2.45) is 0 Å². The van der Waals surface area contributed by atoms with Crippen molar-refractivity contribution in [3.8, 4) is 0 Å². The topological polar surface area (TPSA) is 61.4 Å². The Hall–Kier alpha value is -0.470. The molecule has 86 valence electrons. The van der Waals surface area contributed by atoms with Crippen LogP contribution in [0.5, 0.6) is 0 Å². The summed E-state index contributed by atoms with van der Waals surface area (Å²) in [6.07, 6.45) is 0. The molecule has 0 atom stereocenters. The largest absolute Gasteiger partial charge is 0.315 e. The summed E-state index contributed by atoms with van der Waals surface area (Å²) in [5.74, 6) is 0. The van der Waals surface area contributed by atoms with E-state index in [9.17, 15) is 8.42 Å². The maximum absolute atomic E-state index is 11.7. The first kappa shape index (κ1) is 12.6. The van der Waals surface area contributed by atoms with Crippen LogP contribution in [0.3, 0.4) is 0 Å². The van der Waals surface area contributed by atoms with E-state index >= 15 is 0 Å². The van der Waals surface area contributed by atoms with Gasteiger partial charge in [-0.2, -0.15) is 0 Å². The van der Waals surface area contributed by atoms with Gasteiger partial charge in [0.05, 0.1) is 4.90 Å². The van der Waals surface area contributed by atoms with E-state index in [4.69, 9.17) is 0 Å². The first-order valence-electron chi connectivity index (χ1n) is 4.37. The monoisotopic (exact) mass is 249 g/mol. The lowest BCUT2D eigenvalue weighted by Crippen LogP contribution is -2.35. The summed E-state index contributed by atoms with van der Waals surface area (Å²) < 4.78 is 23.4. The predicted molar refractivity (Wildman–Crippen MR) is 61.1 cm³/mol. The van der Waals surface area contributed by atoms with Crippen molar-refractivity contribution in [3.63, 3.8) is 0 Å². The van der Waals surface area contributed by atoms with Crippen molar-refractivity contribution < 1.29 is 8.42 Å². The molecule has 0 saturated carbocycles. The fraction of sp³-hybridized carbons (Fsp3) is 0.500. The van der Waals surface area contributed by atoms with Crippen LogP contribution < -0.4 is 10.1 Å². The second kappa shape index (κ2) is 5.04. The van der Waals surface area contributed by atoms with E-state index in [0.717, 1.165) is 4.88 Å². The van der Waals surface area contributed by atoms with Crippen LogP contribution in [0.2, 0.25) is 0 Å². The maximum atomic E-state index is 11.7. The molecule has 1 rings (SSSR count). The second-order valence-corrected chi connectivity index (χ2v) is 5.92. The number of hydrogen-bond donors (Lipinski definition) is 2. The summed E-state index contributed by atoms with van der Waals surface area (Å²) in [7, 11) is 1.70. The van der Waals surface area contributed by atoms with Crippen LogP contribution in [-0.4, -0.2) is 34.6 Å². The van der Waals surface area contributed by atoms with Gasteiger partial charge in [-0.3, -0.25) is 0 Å². The van der Waals surface area contributed by atoms with E-state index in [2.05, 4.69) is 10.1 Å². The average molecular weight is 249 g/mol. The molecule has 0 aliphatic rings. The lowest BCUT2D eigenvalue weighted by atomic mass is 10.5. The summed E-state index contributed by atoms with van der Waals surface area (Å²) in [5.41, 5.74) is 0. The van der Waals surface area contributed by atoms with Crippen LogP contribution in [0, 0.1) is 0 Å². The van der Waals surface area contributed by atoms with Gasteiger partial charge in [0.1, 0.15) is 0 Å². The van der Waals surface area contributed by atoms with Crippen molar-refractivity contribution in [1.82, 2.24) is 15.2 Å². The molecule has 0 bridgehead atoms. The molecule has 0 aliphatic carbocycles. The Bertz CT molecular complexity index is 411. The number of hydrogen-bond acceptors (Lipinski definition) is 5. The summed E-state index contributed by atoms with van der Waals surface area (Å²) in [4.78, 5) is 3.69. The molecule has 0 spiro atoms. The average Bonchev–Trinajstić information content (AvgIpc) is 2.51. The Kier molecular flexibility index (Phi) is 4.23. The smallest absolute Gasteiger partial charge is 0.254 e. The molecule has 2 N–H and O–H groups in total. The third-order valence-corrected chi connectivity index (χ3v) is 4.14. The zero-order chi connectivity index (χ0) is 11.5. The van der Waals surface area contributed by atoms with Gasteiger partial charge in [0.2, 0.25) is 0 Å². The Balaban J connectivity index is 2.86. The maximum Gasteiger partial charge on any atom is 0.254 e. The zero-order valence-electron chi connectivity index (χ0n) is 8.94. The van der Waals surface area contributed by atoms with Gasteiger partial charge in [0, 0.05) is 30.9 Å². The molecule has 0 fully saturated rings. The fourth-order valence-electron chi connectivity index (χ4n) is 1.06.